The predicted octanol–water partition coefficient (Wildman–Crippen LogP) is 4.09. The van der Waals surface area contributed by atoms with Crippen LogP contribution in [0.15, 0.2) is 60.7 Å². The minimum atomic E-state index is 0.0987. The number of piperidine rings is 1. The van der Waals surface area contributed by atoms with Crippen LogP contribution in [0.5, 0.6) is 0 Å². The number of amides is 2. The van der Waals surface area contributed by atoms with Gasteiger partial charge in [0.15, 0.2) is 0 Å². The van der Waals surface area contributed by atoms with Gasteiger partial charge in [0, 0.05) is 12.6 Å². The molecule has 2 aromatic rings. The van der Waals surface area contributed by atoms with E-state index in [1.165, 1.54) is 11.1 Å². The molecule has 4 rings (SSSR count). The van der Waals surface area contributed by atoms with Gasteiger partial charge in [0.2, 0.25) is 0 Å². The SMILES string of the molecule is O=C1NCCC2CC(c3ccccc3)CC(c3ccccc3)N12. The molecule has 2 saturated heterocycles. The van der Waals surface area contributed by atoms with E-state index in [1.807, 2.05) is 6.07 Å². The number of rotatable bonds is 2. The van der Waals surface area contributed by atoms with E-state index in [0.717, 1.165) is 25.8 Å². The lowest BCUT2D eigenvalue weighted by Crippen LogP contribution is -2.56. The molecule has 0 saturated carbocycles. The Hall–Kier alpha value is -2.29. The van der Waals surface area contributed by atoms with Crippen molar-refractivity contribution in [3.63, 3.8) is 0 Å². The van der Waals surface area contributed by atoms with Crippen LogP contribution in [-0.4, -0.2) is 23.5 Å². The van der Waals surface area contributed by atoms with Crippen molar-refractivity contribution in [3.8, 4) is 0 Å². The van der Waals surface area contributed by atoms with Crippen molar-refractivity contribution < 1.29 is 4.79 Å². The second-order valence-corrected chi connectivity index (χ2v) is 6.59. The van der Waals surface area contributed by atoms with Crippen LogP contribution in [0.4, 0.5) is 4.79 Å². The Morgan fingerprint density at radius 1 is 0.870 bits per heavy atom. The fraction of sp³-hybridized carbons (Fsp3) is 0.350. The van der Waals surface area contributed by atoms with Crippen LogP contribution in [0, 0.1) is 0 Å². The Bertz CT molecular complexity index is 671. The highest BCUT2D eigenvalue weighted by atomic mass is 16.2. The van der Waals surface area contributed by atoms with Gasteiger partial charge in [0.1, 0.15) is 0 Å². The van der Waals surface area contributed by atoms with E-state index < -0.39 is 0 Å². The zero-order valence-electron chi connectivity index (χ0n) is 13.2. The van der Waals surface area contributed by atoms with E-state index in [1.54, 1.807) is 0 Å². The third kappa shape index (κ3) is 2.72. The molecule has 0 spiro atoms. The first-order valence-electron chi connectivity index (χ1n) is 8.49. The molecule has 1 N–H and O–H groups in total. The fourth-order valence-electron chi connectivity index (χ4n) is 4.15. The van der Waals surface area contributed by atoms with Gasteiger partial charge < -0.3 is 10.2 Å². The van der Waals surface area contributed by atoms with Gasteiger partial charge in [-0.3, -0.25) is 0 Å². The van der Waals surface area contributed by atoms with E-state index in [2.05, 4.69) is 64.8 Å². The molecule has 0 radical (unpaired) electrons. The summed E-state index contributed by atoms with van der Waals surface area (Å²) < 4.78 is 0. The maximum atomic E-state index is 12.5. The maximum absolute atomic E-state index is 12.5. The van der Waals surface area contributed by atoms with Crippen LogP contribution in [0.25, 0.3) is 0 Å². The van der Waals surface area contributed by atoms with Gasteiger partial charge in [-0.25, -0.2) is 4.79 Å². The monoisotopic (exact) mass is 306 g/mol. The van der Waals surface area contributed by atoms with Crippen LogP contribution < -0.4 is 5.32 Å². The fourth-order valence-corrected chi connectivity index (χ4v) is 4.15. The number of hydrogen-bond donors (Lipinski definition) is 1. The molecule has 23 heavy (non-hydrogen) atoms. The van der Waals surface area contributed by atoms with Crippen LogP contribution in [0.1, 0.15) is 42.3 Å². The average molecular weight is 306 g/mol. The lowest BCUT2D eigenvalue weighted by Gasteiger charge is -2.48. The summed E-state index contributed by atoms with van der Waals surface area (Å²) in [4.78, 5) is 14.6. The van der Waals surface area contributed by atoms with E-state index in [-0.39, 0.29) is 12.1 Å². The van der Waals surface area contributed by atoms with Crippen molar-refractivity contribution in [2.24, 2.45) is 0 Å². The highest BCUT2D eigenvalue weighted by Crippen LogP contribution is 2.43. The molecular formula is C20H22N2O. The molecule has 118 valence electrons. The Labute approximate surface area is 137 Å². The van der Waals surface area contributed by atoms with Crippen molar-refractivity contribution in [2.45, 2.75) is 37.3 Å². The van der Waals surface area contributed by atoms with Gasteiger partial charge in [0.05, 0.1) is 6.04 Å². The lowest BCUT2D eigenvalue weighted by atomic mass is 9.78. The second-order valence-electron chi connectivity index (χ2n) is 6.59. The van der Waals surface area contributed by atoms with Crippen molar-refractivity contribution in [1.82, 2.24) is 10.2 Å². The smallest absolute Gasteiger partial charge is 0.318 e. The van der Waals surface area contributed by atoms with E-state index >= 15 is 0 Å². The van der Waals surface area contributed by atoms with E-state index in [9.17, 15) is 4.79 Å². The van der Waals surface area contributed by atoms with Crippen LogP contribution >= 0.6 is 0 Å². The molecule has 3 unspecified atom stereocenters. The molecule has 0 aliphatic carbocycles. The summed E-state index contributed by atoms with van der Waals surface area (Å²) in [6.07, 6.45) is 3.11. The molecule has 3 nitrogen and oxygen atoms in total. The number of carbonyl (C=O) groups is 1. The molecule has 2 amide bonds. The van der Waals surface area contributed by atoms with Crippen LogP contribution in [0.2, 0.25) is 0 Å². The quantitative estimate of drug-likeness (QED) is 0.890. The molecule has 2 fully saturated rings. The first-order valence-corrected chi connectivity index (χ1v) is 8.49. The second kappa shape index (κ2) is 6.07. The summed E-state index contributed by atoms with van der Waals surface area (Å²) in [5.74, 6) is 0.522. The third-order valence-corrected chi connectivity index (χ3v) is 5.24. The van der Waals surface area contributed by atoms with Crippen molar-refractivity contribution in [1.29, 1.82) is 0 Å². The molecule has 2 aliphatic rings. The summed E-state index contributed by atoms with van der Waals surface area (Å²) in [5, 5.41) is 3.02. The van der Waals surface area contributed by atoms with Crippen LogP contribution in [-0.2, 0) is 0 Å². The van der Waals surface area contributed by atoms with Gasteiger partial charge in [-0.2, -0.15) is 0 Å². The Kier molecular flexibility index (Phi) is 3.78. The molecule has 3 atom stereocenters. The minimum absolute atomic E-state index is 0.0987. The summed E-state index contributed by atoms with van der Waals surface area (Å²) in [6.45, 7) is 0.795. The first-order chi connectivity index (χ1) is 11.3. The number of fused-ring (bicyclic) bond motifs is 1. The van der Waals surface area contributed by atoms with Crippen molar-refractivity contribution >= 4 is 6.03 Å². The highest BCUT2D eigenvalue weighted by molar-refractivity contribution is 5.76. The number of carbonyl (C=O) groups excluding carboxylic acids is 1. The third-order valence-electron chi connectivity index (χ3n) is 5.24. The molecule has 0 bridgehead atoms. The standard InChI is InChI=1S/C20H22N2O/c23-20-21-12-11-18-13-17(15-7-3-1-4-8-15)14-19(22(18)20)16-9-5-2-6-10-16/h1-10,17-19H,11-14H2,(H,21,23). The number of hydrogen-bond acceptors (Lipinski definition) is 1. The molecular weight excluding hydrogens is 284 g/mol. The average Bonchev–Trinajstić information content (AvgIpc) is 2.62. The van der Waals surface area contributed by atoms with Crippen molar-refractivity contribution in [2.75, 3.05) is 6.54 Å². The van der Waals surface area contributed by atoms with Crippen molar-refractivity contribution in [3.05, 3.63) is 71.8 Å². The Morgan fingerprint density at radius 3 is 2.22 bits per heavy atom. The van der Waals surface area contributed by atoms with Crippen LogP contribution in [0.3, 0.4) is 0 Å². The molecule has 2 aromatic carbocycles. The molecule has 3 heteroatoms. The zero-order chi connectivity index (χ0) is 15.6. The number of benzene rings is 2. The molecule has 2 aliphatic heterocycles. The van der Waals surface area contributed by atoms with E-state index in [4.69, 9.17) is 0 Å². The number of nitrogens with zero attached hydrogens (tertiary/aromatic N) is 1. The largest absolute Gasteiger partial charge is 0.338 e. The van der Waals surface area contributed by atoms with Gasteiger partial charge >= 0.3 is 6.03 Å². The topological polar surface area (TPSA) is 32.3 Å². The first kappa shape index (κ1) is 14.3. The zero-order valence-corrected chi connectivity index (χ0v) is 13.2. The normalized spacial score (nSPS) is 27.2. The highest BCUT2D eigenvalue weighted by Gasteiger charge is 2.41. The summed E-state index contributed by atoms with van der Waals surface area (Å²) in [6, 6.07) is 21.8. The van der Waals surface area contributed by atoms with Gasteiger partial charge in [-0.1, -0.05) is 60.7 Å². The van der Waals surface area contributed by atoms with Gasteiger partial charge in [0.25, 0.3) is 0 Å². The number of nitrogens with one attached hydrogen (secondary N) is 1. The van der Waals surface area contributed by atoms with E-state index in [0.29, 0.717) is 12.0 Å². The maximum Gasteiger partial charge on any atom is 0.318 e. The lowest BCUT2D eigenvalue weighted by molar-refractivity contribution is 0.0781. The van der Waals surface area contributed by atoms with Gasteiger partial charge in [-0.05, 0) is 36.3 Å². The van der Waals surface area contributed by atoms with Gasteiger partial charge in [-0.15, -0.1) is 0 Å². The summed E-state index contributed by atoms with van der Waals surface area (Å²) in [7, 11) is 0. The number of urea groups is 1. The summed E-state index contributed by atoms with van der Waals surface area (Å²) >= 11 is 0. The Morgan fingerprint density at radius 2 is 1.52 bits per heavy atom. The summed E-state index contributed by atoms with van der Waals surface area (Å²) in [5.41, 5.74) is 2.65. The molecule has 2 heterocycles. The predicted molar refractivity (Wildman–Crippen MR) is 91.2 cm³/mol. The molecule has 0 aromatic heterocycles. The minimum Gasteiger partial charge on any atom is -0.338 e. The Balaban J connectivity index is 1.69.